The number of carbonyl (C=O) groups excluding carboxylic acids is 1. The van der Waals surface area contributed by atoms with Crippen LogP contribution in [0.3, 0.4) is 0 Å². The van der Waals surface area contributed by atoms with Crippen molar-refractivity contribution in [3.8, 4) is 5.75 Å². The predicted molar refractivity (Wildman–Crippen MR) is 119 cm³/mol. The van der Waals surface area contributed by atoms with Gasteiger partial charge in [-0.05, 0) is 62.0 Å². The molecule has 0 unspecified atom stereocenters. The van der Waals surface area contributed by atoms with Gasteiger partial charge in [0.15, 0.2) is 0 Å². The Kier molecular flexibility index (Phi) is 9.01. The maximum atomic E-state index is 12.5. The van der Waals surface area contributed by atoms with E-state index in [1.807, 2.05) is 12.1 Å². The van der Waals surface area contributed by atoms with Crippen LogP contribution in [0.5, 0.6) is 5.75 Å². The fourth-order valence-corrected chi connectivity index (χ4v) is 5.34. The Balaban J connectivity index is 1.31. The third kappa shape index (κ3) is 7.12. The van der Waals surface area contributed by atoms with E-state index in [0.717, 1.165) is 42.7 Å². The van der Waals surface area contributed by atoms with Crippen molar-refractivity contribution >= 4 is 5.97 Å². The van der Waals surface area contributed by atoms with Crippen LogP contribution in [0.25, 0.3) is 0 Å². The van der Waals surface area contributed by atoms with Crippen molar-refractivity contribution in [1.29, 1.82) is 0 Å². The second-order valence-electron chi connectivity index (χ2n) is 9.58. The molecular weight excluding hydrogens is 358 g/mol. The number of aryl methyl sites for hydroxylation is 1. The van der Waals surface area contributed by atoms with Crippen molar-refractivity contribution < 1.29 is 9.53 Å². The summed E-state index contributed by atoms with van der Waals surface area (Å²) >= 11 is 0. The van der Waals surface area contributed by atoms with Crippen molar-refractivity contribution in [2.75, 3.05) is 0 Å². The largest absolute Gasteiger partial charge is 0.425 e. The van der Waals surface area contributed by atoms with Crippen LogP contribution in [0, 0.1) is 23.7 Å². The molecule has 0 spiro atoms. The van der Waals surface area contributed by atoms with Crippen molar-refractivity contribution in [2.45, 2.75) is 104 Å². The molecule has 1 heterocycles. The molecule has 162 valence electrons. The first kappa shape index (κ1) is 22.3. The highest BCUT2D eigenvalue weighted by molar-refractivity contribution is 5.75. The van der Waals surface area contributed by atoms with Gasteiger partial charge in [-0.2, -0.15) is 0 Å². The van der Waals surface area contributed by atoms with E-state index >= 15 is 0 Å². The summed E-state index contributed by atoms with van der Waals surface area (Å²) < 4.78 is 5.58. The summed E-state index contributed by atoms with van der Waals surface area (Å²) in [4.78, 5) is 16.8. The Bertz CT molecular complexity index is 596. The Morgan fingerprint density at radius 1 is 0.897 bits per heavy atom. The van der Waals surface area contributed by atoms with E-state index in [0.29, 0.717) is 5.75 Å². The molecule has 1 aromatic heterocycles. The van der Waals surface area contributed by atoms with Gasteiger partial charge in [-0.25, -0.2) is 0 Å². The summed E-state index contributed by atoms with van der Waals surface area (Å²) in [5.41, 5.74) is 1.03. The van der Waals surface area contributed by atoms with E-state index in [1.54, 1.807) is 6.20 Å². The third-order valence-corrected chi connectivity index (χ3v) is 7.47. The summed E-state index contributed by atoms with van der Waals surface area (Å²) in [6, 6.07) is 3.81. The minimum atomic E-state index is -0.0556. The molecule has 2 aliphatic rings. The van der Waals surface area contributed by atoms with Crippen LogP contribution in [0.15, 0.2) is 18.3 Å². The molecule has 0 N–H and O–H groups in total. The number of hydrogen-bond donors (Lipinski definition) is 0. The quantitative estimate of drug-likeness (QED) is 0.414. The van der Waals surface area contributed by atoms with E-state index in [9.17, 15) is 4.79 Å². The maximum Gasteiger partial charge on any atom is 0.314 e. The molecule has 2 aliphatic carbocycles. The Labute approximate surface area is 178 Å². The summed E-state index contributed by atoms with van der Waals surface area (Å²) in [5.74, 6) is 3.41. The molecule has 0 aliphatic heterocycles. The fourth-order valence-electron chi connectivity index (χ4n) is 5.34. The number of nitrogens with zero attached hydrogens (tertiary/aromatic N) is 1. The zero-order chi connectivity index (χ0) is 20.5. The SMILES string of the molecule is CCCCC1CCC(CCC2CCC(C(=O)Oc3ccc(CC)nc3)CC2)CC1. The third-order valence-electron chi connectivity index (χ3n) is 7.47. The van der Waals surface area contributed by atoms with E-state index < -0.39 is 0 Å². The van der Waals surface area contributed by atoms with E-state index in [1.165, 1.54) is 70.6 Å². The maximum absolute atomic E-state index is 12.5. The lowest BCUT2D eigenvalue weighted by atomic mass is 9.75. The average Bonchev–Trinajstić information content (AvgIpc) is 2.78. The minimum absolute atomic E-state index is 0.0556. The first-order chi connectivity index (χ1) is 14.2. The van der Waals surface area contributed by atoms with Gasteiger partial charge in [-0.3, -0.25) is 9.78 Å². The van der Waals surface area contributed by atoms with Gasteiger partial charge < -0.3 is 4.74 Å². The first-order valence-electron chi connectivity index (χ1n) is 12.3. The zero-order valence-corrected chi connectivity index (χ0v) is 18.7. The number of carbonyl (C=O) groups is 1. The molecule has 0 atom stereocenters. The van der Waals surface area contributed by atoms with Crippen LogP contribution in [-0.2, 0) is 11.2 Å². The fraction of sp³-hybridized carbons (Fsp3) is 0.769. The van der Waals surface area contributed by atoms with Crippen molar-refractivity contribution in [2.24, 2.45) is 23.7 Å². The number of hydrogen-bond acceptors (Lipinski definition) is 3. The lowest BCUT2D eigenvalue weighted by Crippen LogP contribution is -2.26. The Morgan fingerprint density at radius 2 is 1.48 bits per heavy atom. The van der Waals surface area contributed by atoms with Gasteiger partial charge in [0.1, 0.15) is 5.75 Å². The van der Waals surface area contributed by atoms with Gasteiger partial charge >= 0.3 is 5.97 Å². The molecule has 2 fully saturated rings. The molecule has 3 heteroatoms. The van der Waals surface area contributed by atoms with Crippen LogP contribution < -0.4 is 4.74 Å². The highest BCUT2D eigenvalue weighted by Crippen LogP contribution is 2.38. The van der Waals surface area contributed by atoms with E-state index in [-0.39, 0.29) is 11.9 Å². The molecule has 0 radical (unpaired) electrons. The van der Waals surface area contributed by atoms with Crippen molar-refractivity contribution in [1.82, 2.24) is 4.98 Å². The molecule has 3 rings (SSSR count). The standard InChI is InChI=1S/C26H41NO2/c1-3-5-6-20-7-9-21(10-8-20)11-12-22-13-15-23(16-14-22)26(28)29-25-18-17-24(4-2)27-19-25/h17-23H,3-16H2,1-2H3. The normalized spacial score (nSPS) is 27.5. The number of rotatable bonds is 9. The molecule has 3 nitrogen and oxygen atoms in total. The minimum Gasteiger partial charge on any atom is -0.425 e. The summed E-state index contributed by atoms with van der Waals surface area (Å²) in [7, 11) is 0. The first-order valence-corrected chi connectivity index (χ1v) is 12.3. The van der Waals surface area contributed by atoms with Crippen LogP contribution in [-0.4, -0.2) is 11.0 Å². The zero-order valence-electron chi connectivity index (χ0n) is 18.7. The van der Waals surface area contributed by atoms with E-state index in [4.69, 9.17) is 4.74 Å². The number of aromatic nitrogens is 1. The van der Waals surface area contributed by atoms with Crippen LogP contribution in [0.4, 0.5) is 0 Å². The van der Waals surface area contributed by atoms with Gasteiger partial charge in [0.2, 0.25) is 0 Å². The smallest absolute Gasteiger partial charge is 0.314 e. The Hall–Kier alpha value is -1.38. The lowest BCUT2D eigenvalue weighted by Gasteiger charge is -2.31. The molecule has 29 heavy (non-hydrogen) atoms. The number of unbranched alkanes of at least 4 members (excludes halogenated alkanes) is 1. The second kappa shape index (κ2) is 11.7. The predicted octanol–water partition coefficient (Wildman–Crippen LogP) is 7.13. The molecule has 0 aromatic carbocycles. The highest BCUT2D eigenvalue weighted by Gasteiger charge is 2.29. The van der Waals surface area contributed by atoms with Gasteiger partial charge in [0.05, 0.1) is 12.1 Å². The summed E-state index contributed by atoms with van der Waals surface area (Å²) in [6.07, 6.45) is 19.8. The summed E-state index contributed by atoms with van der Waals surface area (Å²) in [6.45, 7) is 4.38. The second-order valence-corrected chi connectivity index (χ2v) is 9.58. The van der Waals surface area contributed by atoms with Crippen molar-refractivity contribution in [3.05, 3.63) is 24.0 Å². The Morgan fingerprint density at radius 3 is 2.00 bits per heavy atom. The van der Waals surface area contributed by atoms with Gasteiger partial charge in [0, 0.05) is 5.69 Å². The highest BCUT2D eigenvalue weighted by atomic mass is 16.5. The number of pyridine rings is 1. The number of ether oxygens (including phenoxy) is 1. The van der Waals surface area contributed by atoms with Gasteiger partial charge in [-0.1, -0.05) is 71.6 Å². The molecule has 0 saturated heterocycles. The van der Waals surface area contributed by atoms with Gasteiger partial charge in [0.25, 0.3) is 0 Å². The lowest BCUT2D eigenvalue weighted by molar-refractivity contribution is -0.140. The van der Waals surface area contributed by atoms with Crippen LogP contribution in [0.1, 0.15) is 103 Å². The topological polar surface area (TPSA) is 39.2 Å². The monoisotopic (exact) mass is 399 g/mol. The molecule has 1 aromatic rings. The van der Waals surface area contributed by atoms with Crippen molar-refractivity contribution in [3.63, 3.8) is 0 Å². The van der Waals surface area contributed by atoms with E-state index in [2.05, 4.69) is 18.8 Å². The molecule has 0 amide bonds. The summed E-state index contributed by atoms with van der Waals surface area (Å²) in [5, 5.41) is 0. The average molecular weight is 400 g/mol. The van der Waals surface area contributed by atoms with Gasteiger partial charge in [-0.15, -0.1) is 0 Å². The molecule has 0 bridgehead atoms. The van der Waals surface area contributed by atoms with Crippen LogP contribution >= 0.6 is 0 Å². The van der Waals surface area contributed by atoms with Crippen LogP contribution in [0.2, 0.25) is 0 Å². The molecular formula is C26H41NO2. The number of esters is 1. The molecule has 2 saturated carbocycles.